The van der Waals surface area contributed by atoms with Crippen LogP contribution >= 0.6 is 0 Å². The van der Waals surface area contributed by atoms with Gasteiger partial charge in [-0.25, -0.2) is 6.57 Å². The zero-order chi connectivity index (χ0) is 92.6. The van der Waals surface area contributed by atoms with Gasteiger partial charge in [0.15, 0.2) is 56.8 Å². The fraction of sp³-hybridized carbons (Fsp3) is 0.562. The molecule has 42 heteroatoms. The molecule has 10 aromatic heterocycles. The quantitative estimate of drug-likeness (QED) is 0.0140. The van der Waals surface area contributed by atoms with E-state index in [2.05, 4.69) is 165 Å². The second-order valence-electron chi connectivity index (χ2n) is 37.1. The number of nitrogen functional groups attached to an aromatic ring is 1. The molecule has 17 N–H and O–H groups in total. The molecule has 11 unspecified atom stereocenters. The number of amides is 6. The van der Waals surface area contributed by atoms with Crippen molar-refractivity contribution in [1.82, 2.24) is 95.5 Å². The van der Waals surface area contributed by atoms with E-state index in [1.807, 2.05) is 73.7 Å². The number of amidine groups is 1. The molecule has 19 rings (SSSR count). The first-order valence-electron chi connectivity index (χ1n) is 44.8. The summed E-state index contributed by atoms with van der Waals surface area (Å²) in [6.45, 7) is 30.0. The number of fused-ring (bicyclic) bond motifs is 5. The number of nitrogens with zero attached hydrogens (tertiary/aromatic N) is 19. The van der Waals surface area contributed by atoms with E-state index in [9.17, 15) is 42.8 Å². The second kappa shape index (κ2) is 38.7. The lowest BCUT2D eigenvalue weighted by atomic mass is 9.84. The number of aromatic amines is 5. The minimum Gasteiger partial charge on any atom is -0.755 e. The highest BCUT2D eigenvalue weighted by Crippen LogP contribution is 2.50. The van der Waals surface area contributed by atoms with Gasteiger partial charge in [-0.2, -0.15) is 5.26 Å². The summed E-state index contributed by atoms with van der Waals surface area (Å²) in [6.07, 6.45) is 22.9. The Balaban J connectivity index is 0.000000132. The number of aromatic nitrogens is 15. The Morgan fingerprint density at radius 1 is 0.542 bits per heavy atom. The molecule has 6 amide bonds. The van der Waals surface area contributed by atoms with E-state index < -0.39 is 39.9 Å². The highest BCUT2D eigenvalue weighted by molar-refractivity contribution is 7.80. The van der Waals surface area contributed by atoms with Crippen LogP contribution in [0.25, 0.3) is 60.0 Å². The van der Waals surface area contributed by atoms with Gasteiger partial charge >= 0.3 is 11.4 Å². The van der Waals surface area contributed by atoms with E-state index >= 15 is 0 Å². The summed E-state index contributed by atoms with van der Waals surface area (Å²) < 4.78 is 29.7. The Kier molecular flexibility index (Phi) is 27.9. The lowest BCUT2D eigenvalue weighted by Crippen LogP contribution is -2.66. The van der Waals surface area contributed by atoms with E-state index in [1.54, 1.807) is 28.4 Å². The summed E-state index contributed by atoms with van der Waals surface area (Å²) in [5, 5.41) is 68.6. The molecule has 0 aromatic carbocycles. The van der Waals surface area contributed by atoms with E-state index in [-0.39, 0.29) is 94.9 Å². The van der Waals surface area contributed by atoms with Gasteiger partial charge < -0.3 is 97.2 Å². The number of likely N-dealkylation sites (tertiary alicyclic amines) is 4. The van der Waals surface area contributed by atoms with Gasteiger partial charge in [-0.05, 0) is 137 Å². The maximum Gasteiger partial charge on any atom is 0.309 e. The van der Waals surface area contributed by atoms with Crippen molar-refractivity contribution in [2.75, 3.05) is 117 Å². The molecule has 5 aliphatic heterocycles. The molecule has 4 saturated carbocycles. The maximum absolute atomic E-state index is 12.9. The van der Waals surface area contributed by atoms with Crippen LogP contribution in [-0.2, 0) is 30.4 Å². The molecule has 5 saturated heterocycles. The normalized spacial score (nSPS) is 23.8. The van der Waals surface area contributed by atoms with Crippen molar-refractivity contribution in [3.8, 4) is 6.07 Å². The van der Waals surface area contributed by atoms with Crippen LogP contribution in [0.4, 0.5) is 34.3 Å². The van der Waals surface area contributed by atoms with Crippen molar-refractivity contribution in [3.63, 3.8) is 0 Å². The van der Waals surface area contributed by atoms with Crippen LogP contribution in [0.3, 0.4) is 0 Å². The van der Waals surface area contributed by atoms with Gasteiger partial charge in [0.2, 0.25) is 11.8 Å². The monoisotopic (exact) mass is 1810 g/mol. The Labute approximate surface area is 761 Å². The molecular formula is C89H121N32O9S-. The van der Waals surface area contributed by atoms with Crippen LogP contribution in [0, 0.1) is 63.7 Å². The standard InChI is InChI=1S/C19H23N7O2.C19H27N7O.C19H28N6O2.C18H21N7O2.C13H19N5O2S.CH4/c1-11-5-9-26(18(28)19(21-2)6-7-19)10-13(11)25(3)15-12-4-8-22-17(12)24-23-14(15)16(20)27;1-11-5-9-26(18(27)19(2)6-7-19)10-13(11)25(3)15-12-4-8-22-17(12)24-23-14(15)16(20)21;1-4-19(10-27-11-19)25-8-6-12(2)14(9-25)24(3)16-13-5-7-21-18(13)23-22-15(16)17(20)26;1-10-3-7-25(17(27)18(9-19)4-5-18)8-12(10)22-13-11-2-6-21-16(11)24-23-14(13)15(20)26;1-8-4-2-3-5-10(8)15-11-9-6-7-14-12(9)16-17-13(11)18-21(19)20;/h4,8,11,13H,5-7,9-10H2,1,3H3,(H2,20,27)(H,22,24);4,8,11,13H,5-7,9-10H2,1-3H3,(H3,20,21)(H,22,24);5,7,12,14H,4,6,8-11H2,1-3H3,(H2,20,26)(H,21,23);2,6,10,12H,3-5,7-8H2,1H3,(H2,20,26)(H2,21,22,24);6-8,10H,2-5H2,1H3,(H,17,18)(H,19,20)(H2,14,15,16);1H4/p-1. The molecule has 4 aliphatic carbocycles. The Hall–Kier alpha value is -12.8. The zero-order valence-corrected chi connectivity index (χ0v) is 75.9. The van der Waals surface area contributed by atoms with Crippen molar-refractivity contribution >= 4 is 142 Å². The van der Waals surface area contributed by atoms with E-state index in [0.29, 0.717) is 139 Å². The molecule has 41 nitrogen and oxygen atoms in total. The fourth-order valence-electron chi connectivity index (χ4n) is 19.4. The number of likely N-dealkylation sites (N-methyl/N-ethyl adjacent to an activating group) is 3. The molecule has 15 heterocycles. The average molecular weight is 1820 g/mol. The van der Waals surface area contributed by atoms with Crippen LogP contribution in [0.15, 0.2) is 61.3 Å². The molecule has 131 heavy (non-hydrogen) atoms. The molecule has 11 atom stereocenters. The molecule has 9 aliphatic rings. The highest BCUT2D eigenvalue weighted by atomic mass is 32.2. The number of nitrogens with two attached hydrogens (primary N) is 4. The third kappa shape index (κ3) is 19.1. The van der Waals surface area contributed by atoms with Crippen molar-refractivity contribution in [2.24, 2.45) is 63.4 Å². The first kappa shape index (κ1) is 94.3. The van der Waals surface area contributed by atoms with Crippen LogP contribution < -0.4 is 53.0 Å². The number of piperidine rings is 4. The van der Waals surface area contributed by atoms with Crippen LogP contribution in [-0.4, -0.2) is 274 Å². The van der Waals surface area contributed by atoms with E-state index in [0.717, 1.165) is 123 Å². The van der Waals surface area contributed by atoms with Crippen molar-refractivity contribution in [2.45, 2.75) is 193 Å². The number of carbonyl (C=O) groups excluding carboxylic acids is 6. The molecule has 698 valence electrons. The fourth-order valence-corrected chi connectivity index (χ4v) is 19.7. The van der Waals surface area contributed by atoms with Crippen molar-refractivity contribution in [1.29, 1.82) is 10.7 Å². The van der Waals surface area contributed by atoms with Crippen LogP contribution in [0.1, 0.15) is 189 Å². The predicted molar refractivity (Wildman–Crippen MR) is 498 cm³/mol. The summed E-state index contributed by atoms with van der Waals surface area (Å²) >= 11 is -2.43. The number of H-pyrrole nitrogens is 5. The van der Waals surface area contributed by atoms with Crippen LogP contribution in [0.5, 0.6) is 0 Å². The topological polar surface area (TPSA) is 574 Å². The maximum atomic E-state index is 12.9. The minimum absolute atomic E-state index is 0. The number of ether oxygens (including phenoxy) is 1. The Morgan fingerprint density at radius 2 is 0.947 bits per heavy atom. The molecule has 10 aromatic rings. The van der Waals surface area contributed by atoms with Crippen molar-refractivity contribution < 1.29 is 42.3 Å². The summed E-state index contributed by atoms with van der Waals surface area (Å²) in [5.41, 5.74) is 28.1. The van der Waals surface area contributed by atoms with Gasteiger partial charge in [0.05, 0.1) is 53.3 Å². The number of hydrogen-bond acceptors (Lipinski definition) is 27. The summed E-state index contributed by atoms with van der Waals surface area (Å²) in [7, 11) is 5.94. The first-order chi connectivity index (χ1) is 62.3. The highest BCUT2D eigenvalue weighted by Gasteiger charge is 2.61. The number of hydrogen-bond donors (Lipinski definition) is 13. The lowest BCUT2D eigenvalue weighted by Gasteiger charge is -2.54. The second-order valence-corrected chi connectivity index (χ2v) is 37.8. The number of anilines is 6. The average Bonchev–Trinajstić information content (AvgIpc) is 1.70. The number of carbonyl (C=O) groups is 6. The molecular weight excluding hydrogens is 1690 g/mol. The van der Waals surface area contributed by atoms with E-state index in [1.165, 1.54) is 19.3 Å². The van der Waals surface area contributed by atoms with Crippen LogP contribution in [0.2, 0.25) is 0 Å². The van der Waals surface area contributed by atoms with E-state index in [4.69, 9.17) is 39.7 Å². The number of nitrogens with one attached hydrogen (secondary N) is 9. The largest absolute Gasteiger partial charge is 0.755 e. The molecule has 0 spiro atoms. The smallest absolute Gasteiger partial charge is 0.309 e. The molecule has 9 fully saturated rings. The SMILES string of the molecule is C.CC1CCCCC1Nc1c(NS(=O)[O-])nnc2[nH]ccc12.CC1CCN(C(=O)C2(C#N)CC2)CC1Nc1c(C(N)=O)nnc2[nH]ccc12.CC1CCN(C(=O)C2(C)CC2)CC1N(C)c1c(C(=N)N)nnc2[nH]ccc12.CCC1(N2CCC(C)C(N(C)c3c(C(N)=O)nnc4[nH]ccc34)C2)COC1.[C-]#[N+]C1(C(=O)N2CCC(C)C(N(C)c3c(C(N)=O)nnc4[nH]ccc34)C2)CC1. The molecule has 0 bridgehead atoms. The van der Waals surface area contributed by atoms with Crippen molar-refractivity contribution in [3.05, 3.63) is 95.5 Å². The number of rotatable bonds is 21. The molecule has 0 radical (unpaired) electrons. The Bertz CT molecular complexity index is 6010. The number of nitriles is 1. The zero-order valence-electron chi connectivity index (χ0n) is 75.1. The first-order valence-corrected chi connectivity index (χ1v) is 45.8. The minimum atomic E-state index is -2.43. The van der Waals surface area contributed by atoms with Gasteiger partial charge in [-0.15, -0.1) is 51.0 Å². The summed E-state index contributed by atoms with van der Waals surface area (Å²) in [6, 6.07) is 12.2. The third-order valence-electron chi connectivity index (χ3n) is 28.7. The van der Waals surface area contributed by atoms with Gasteiger partial charge in [0.1, 0.15) is 11.3 Å². The van der Waals surface area contributed by atoms with Gasteiger partial charge in [-0.3, -0.25) is 52.9 Å². The summed E-state index contributed by atoms with van der Waals surface area (Å²) in [5.74, 6) is 0.426. The lowest BCUT2D eigenvalue weighted by molar-refractivity contribution is -0.151. The van der Waals surface area contributed by atoms with Gasteiger partial charge in [0.25, 0.3) is 17.7 Å². The van der Waals surface area contributed by atoms with Gasteiger partial charge in [0, 0.05) is 185 Å². The third-order valence-corrected chi connectivity index (χ3v) is 29.0. The summed E-state index contributed by atoms with van der Waals surface area (Å²) in [4.78, 5) is 108. The number of primary amides is 3. The Morgan fingerprint density at radius 3 is 1.37 bits per heavy atom. The predicted octanol–water partition coefficient (Wildman–Crippen LogP) is 8.08. The van der Waals surface area contributed by atoms with Gasteiger partial charge in [-0.1, -0.05) is 68.7 Å².